The number of hydrogen-bond donors (Lipinski definition) is 2. The number of nitrogens with zero attached hydrogens (tertiary/aromatic N) is 1. The van der Waals surface area contributed by atoms with Crippen LogP contribution in [0.25, 0.3) is 0 Å². The van der Waals surface area contributed by atoms with Crippen molar-refractivity contribution in [3.05, 3.63) is 35.4 Å². The summed E-state index contributed by atoms with van der Waals surface area (Å²) >= 11 is 0. The van der Waals surface area contributed by atoms with Gasteiger partial charge in [0.15, 0.2) is 0 Å². The van der Waals surface area contributed by atoms with Crippen LogP contribution in [0.4, 0.5) is 0 Å². The van der Waals surface area contributed by atoms with Crippen molar-refractivity contribution in [3.8, 4) is 0 Å². The van der Waals surface area contributed by atoms with Crippen LogP contribution in [0.2, 0.25) is 0 Å². The first-order valence-electron chi connectivity index (χ1n) is 11.4. The van der Waals surface area contributed by atoms with Gasteiger partial charge in [-0.15, -0.1) is 0 Å². The van der Waals surface area contributed by atoms with Crippen LogP contribution in [0, 0.1) is 18.8 Å². The minimum atomic E-state index is -0.631. The molecule has 7 nitrogen and oxygen atoms in total. The van der Waals surface area contributed by atoms with Gasteiger partial charge in [0, 0.05) is 38.2 Å². The summed E-state index contributed by atoms with van der Waals surface area (Å²) in [4.78, 5) is 40.5. The summed E-state index contributed by atoms with van der Waals surface area (Å²) in [6.45, 7) is 4.02. The lowest BCUT2D eigenvalue weighted by Gasteiger charge is -2.36. The highest BCUT2D eigenvalue weighted by molar-refractivity contribution is 5.97. The molecule has 2 N–H and O–H groups in total. The zero-order valence-corrected chi connectivity index (χ0v) is 18.7. The van der Waals surface area contributed by atoms with Crippen LogP contribution >= 0.6 is 0 Å². The molecule has 2 fully saturated rings. The van der Waals surface area contributed by atoms with Crippen molar-refractivity contribution in [3.63, 3.8) is 0 Å². The Labute approximate surface area is 184 Å². The van der Waals surface area contributed by atoms with Crippen LogP contribution in [0.1, 0.15) is 54.4 Å². The van der Waals surface area contributed by atoms with Gasteiger partial charge in [0.05, 0.1) is 6.61 Å². The van der Waals surface area contributed by atoms with Gasteiger partial charge in [0.25, 0.3) is 5.91 Å². The second-order valence-electron chi connectivity index (χ2n) is 8.75. The van der Waals surface area contributed by atoms with E-state index in [-0.39, 0.29) is 29.6 Å². The number of hydrogen-bond acceptors (Lipinski definition) is 4. The average Bonchev–Trinajstić information content (AvgIpc) is 3.32. The molecule has 1 saturated carbocycles. The number of carbonyl (C=O) groups is 3. The fraction of sp³-hybridized carbons (Fsp3) is 0.625. The molecule has 0 bridgehead atoms. The van der Waals surface area contributed by atoms with E-state index in [1.54, 1.807) is 13.2 Å². The van der Waals surface area contributed by atoms with Crippen LogP contribution in [-0.4, -0.2) is 62.0 Å². The number of likely N-dealkylation sites (tertiary alicyclic amines) is 1. The number of aryl methyl sites for hydroxylation is 1. The zero-order chi connectivity index (χ0) is 22.2. The van der Waals surface area contributed by atoms with E-state index < -0.39 is 6.04 Å². The maximum absolute atomic E-state index is 12.9. The van der Waals surface area contributed by atoms with Gasteiger partial charge in [0.1, 0.15) is 6.04 Å². The van der Waals surface area contributed by atoms with Crippen LogP contribution in [0.3, 0.4) is 0 Å². The van der Waals surface area contributed by atoms with Crippen LogP contribution in [0.5, 0.6) is 0 Å². The third-order valence-corrected chi connectivity index (χ3v) is 6.48. The first kappa shape index (κ1) is 23.3. The molecule has 0 spiro atoms. The van der Waals surface area contributed by atoms with E-state index in [0.717, 1.165) is 31.2 Å². The molecule has 0 unspecified atom stereocenters. The van der Waals surface area contributed by atoms with E-state index >= 15 is 0 Å². The fourth-order valence-electron chi connectivity index (χ4n) is 4.68. The minimum Gasteiger partial charge on any atom is -0.383 e. The van der Waals surface area contributed by atoms with Gasteiger partial charge in [-0.05, 0) is 50.7 Å². The molecule has 31 heavy (non-hydrogen) atoms. The molecule has 1 atom stereocenters. The van der Waals surface area contributed by atoms with Gasteiger partial charge in [-0.25, -0.2) is 0 Å². The summed E-state index contributed by atoms with van der Waals surface area (Å²) in [5, 5.41) is 5.83. The van der Waals surface area contributed by atoms with Gasteiger partial charge in [0.2, 0.25) is 11.8 Å². The van der Waals surface area contributed by atoms with Gasteiger partial charge >= 0.3 is 0 Å². The minimum absolute atomic E-state index is 0.0102. The Bertz CT molecular complexity index is 768. The molecule has 1 aromatic rings. The first-order chi connectivity index (χ1) is 15.0. The molecular weight excluding hydrogens is 394 g/mol. The molecule has 0 aromatic heterocycles. The van der Waals surface area contributed by atoms with Crippen molar-refractivity contribution >= 4 is 17.7 Å². The smallest absolute Gasteiger partial charge is 0.251 e. The summed E-state index contributed by atoms with van der Waals surface area (Å²) in [5.74, 6) is -0.0193. The number of ether oxygens (including phenoxy) is 1. The van der Waals surface area contributed by atoms with Crippen molar-refractivity contribution in [2.45, 2.75) is 51.5 Å². The predicted molar refractivity (Wildman–Crippen MR) is 119 cm³/mol. The molecule has 7 heteroatoms. The molecule has 1 saturated heterocycles. The van der Waals surface area contributed by atoms with Gasteiger partial charge in [-0.3, -0.25) is 14.4 Å². The molecule has 1 aliphatic heterocycles. The molecule has 1 aliphatic carbocycles. The normalized spacial score (nSPS) is 18.6. The number of benzene rings is 1. The number of carbonyl (C=O) groups excluding carboxylic acids is 3. The number of piperidine rings is 1. The Kier molecular flexibility index (Phi) is 8.46. The maximum Gasteiger partial charge on any atom is 0.251 e. The summed E-state index contributed by atoms with van der Waals surface area (Å²) in [5.41, 5.74) is 1.54. The molecule has 0 radical (unpaired) electrons. The van der Waals surface area contributed by atoms with E-state index in [1.165, 1.54) is 0 Å². The second kappa shape index (κ2) is 11.3. The number of nitrogens with one attached hydrogen (secondary N) is 2. The molecular formula is C24H35N3O4. The lowest BCUT2D eigenvalue weighted by molar-refractivity contribution is -0.137. The number of amides is 3. The van der Waals surface area contributed by atoms with Crippen LogP contribution in [-0.2, 0) is 14.3 Å². The van der Waals surface area contributed by atoms with Crippen molar-refractivity contribution in [2.24, 2.45) is 11.8 Å². The Morgan fingerprint density at radius 2 is 1.84 bits per heavy atom. The number of rotatable bonds is 8. The largest absolute Gasteiger partial charge is 0.383 e. The Morgan fingerprint density at radius 3 is 2.48 bits per heavy atom. The SMILES string of the molecule is COCCNC(=O)[C@@H](NC(=O)c1cccc(C)c1)C1CCN(C(=O)C2CCCC2)CC1. The molecule has 2 aliphatic rings. The summed E-state index contributed by atoms with van der Waals surface area (Å²) in [6, 6.07) is 6.71. The fourth-order valence-corrected chi connectivity index (χ4v) is 4.68. The van der Waals surface area contributed by atoms with E-state index in [2.05, 4.69) is 10.6 Å². The third kappa shape index (κ3) is 6.29. The van der Waals surface area contributed by atoms with E-state index in [0.29, 0.717) is 44.6 Å². The molecule has 170 valence electrons. The highest BCUT2D eigenvalue weighted by atomic mass is 16.5. The van der Waals surface area contributed by atoms with Crippen molar-refractivity contribution in [1.29, 1.82) is 0 Å². The van der Waals surface area contributed by atoms with Gasteiger partial charge in [-0.2, -0.15) is 0 Å². The monoisotopic (exact) mass is 429 g/mol. The van der Waals surface area contributed by atoms with Crippen LogP contribution in [0.15, 0.2) is 24.3 Å². The van der Waals surface area contributed by atoms with E-state index in [1.807, 2.05) is 30.0 Å². The molecule has 3 amide bonds. The Morgan fingerprint density at radius 1 is 1.13 bits per heavy atom. The first-order valence-corrected chi connectivity index (χ1v) is 11.4. The lowest BCUT2D eigenvalue weighted by Crippen LogP contribution is -2.54. The molecule has 1 heterocycles. The van der Waals surface area contributed by atoms with Crippen LogP contribution < -0.4 is 10.6 Å². The third-order valence-electron chi connectivity index (χ3n) is 6.48. The summed E-state index contributed by atoms with van der Waals surface area (Å²) in [6.07, 6.45) is 5.68. The quantitative estimate of drug-likeness (QED) is 0.621. The highest BCUT2D eigenvalue weighted by Crippen LogP contribution is 2.29. The summed E-state index contributed by atoms with van der Waals surface area (Å²) in [7, 11) is 1.58. The van der Waals surface area contributed by atoms with Crippen molar-refractivity contribution < 1.29 is 19.1 Å². The van der Waals surface area contributed by atoms with Crippen molar-refractivity contribution in [2.75, 3.05) is 33.4 Å². The highest BCUT2D eigenvalue weighted by Gasteiger charge is 2.35. The number of methoxy groups -OCH3 is 1. The zero-order valence-electron chi connectivity index (χ0n) is 18.7. The predicted octanol–water partition coefficient (Wildman–Crippen LogP) is 2.28. The average molecular weight is 430 g/mol. The maximum atomic E-state index is 12.9. The van der Waals surface area contributed by atoms with Crippen molar-refractivity contribution in [1.82, 2.24) is 15.5 Å². The van der Waals surface area contributed by atoms with Gasteiger partial charge in [-0.1, -0.05) is 30.5 Å². The molecule has 1 aromatic carbocycles. The standard InChI is InChI=1S/C24H35N3O4/c1-17-6-5-9-20(16-17)22(28)26-21(23(29)25-12-15-31-2)18-10-13-27(14-11-18)24(30)19-7-3-4-8-19/h5-6,9,16,18-19,21H,3-4,7-8,10-15H2,1-2H3,(H,25,29)(H,26,28)/t21-/m0/s1. The second-order valence-corrected chi connectivity index (χ2v) is 8.75. The van der Waals surface area contributed by atoms with E-state index in [9.17, 15) is 14.4 Å². The Hall–Kier alpha value is -2.41. The lowest BCUT2D eigenvalue weighted by atomic mass is 9.87. The van der Waals surface area contributed by atoms with E-state index in [4.69, 9.17) is 4.74 Å². The summed E-state index contributed by atoms with van der Waals surface area (Å²) < 4.78 is 5.02. The Balaban J connectivity index is 1.64. The topological polar surface area (TPSA) is 87.7 Å². The molecule has 3 rings (SSSR count). The van der Waals surface area contributed by atoms with Gasteiger partial charge < -0.3 is 20.3 Å².